The molecule has 0 radical (unpaired) electrons. The van der Waals surface area contributed by atoms with Crippen molar-refractivity contribution in [2.45, 2.75) is 25.0 Å². The molecule has 0 aliphatic carbocycles. The first-order valence-corrected chi connectivity index (χ1v) is 7.55. The highest BCUT2D eigenvalue weighted by atomic mass is 32.1. The SMILES string of the molecule is O=C(c1cccs1)N1CC[C@@H](O)[C@@H]1Cc1ccncc1. The molecule has 0 spiro atoms. The number of hydrogen-bond acceptors (Lipinski definition) is 4. The molecule has 0 saturated carbocycles. The maximum atomic E-state index is 12.5. The van der Waals surface area contributed by atoms with E-state index in [1.54, 1.807) is 17.3 Å². The van der Waals surface area contributed by atoms with Gasteiger partial charge in [-0.1, -0.05) is 6.07 Å². The van der Waals surface area contributed by atoms with Crippen molar-refractivity contribution in [1.29, 1.82) is 0 Å². The summed E-state index contributed by atoms with van der Waals surface area (Å²) in [6.07, 6.45) is 4.34. The molecular formula is C15H16N2O2S. The van der Waals surface area contributed by atoms with Crippen LogP contribution in [0.4, 0.5) is 0 Å². The van der Waals surface area contributed by atoms with Crippen LogP contribution in [0, 0.1) is 0 Å². The number of nitrogens with zero attached hydrogens (tertiary/aromatic N) is 2. The number of aliphatic hydroxyl groups is 1. The van der Waals surface area contributed by atoms with Crippen LogP contribution in [0.1, 0.15) is 21.7 Å². The topological polar surface area (TPSA) is 53.4 Å². The lowest BCUT2D eigenvalue weighted by molar-refractivity contribution is 0.0644. The van der Waals surface area contributed by atoms with Gasteiger partial charge in [0.2, 0.25) is 0 Å². The lowest BCUT2D eigenvalue weighted by atomic mass is 10.0. The average Bonchev–Trinajstić information content (AvgIpc) is 3.11. The van der Waals surface area contributed by atoms with Crippen LogP contribution in [0.3, 0.4) is 0 Å². The first-order valence-electron chi connectivity index (χ1n) is 6.67. The number of carbonyl (C=O) groups is 1. The van der Waals surface area contributed by atoms with Gasteiger partial charge in [-0.2, -0.15) is 0 Å². The lowest BCUT2D eigenvalue weighted by Crippen LogP contribution is -2.40. The van der Waals surface area contributed by atoms with Crippen LogP contribution in [-0.2, 0) is 6.42 Å². The second-order valence-corrected chi connectivity index (χ2v) is 5.91. The van der Waals surface area contributed by atoms with Crippen molar-refractivity contribution in [3.63, 3.8) is 0 Å². The molecule has 0 unspecified atom stereocenters. The van der Waals surface area contributed by atoms with Gasteiger partial charge in [0.15, 0.2) is 0 Å². The van der Waals surface area contributed by atoms with Gasteiger partial charge >= 0.3 is 0 Å². The highest BCUT2D eigenvalue weighted by Crippen LogP contribution is 2.25. The molecule has 0 bridgehead atoms. The Morgan fingerprint density at radius 1 is 1.40 bits per heavy atom. The molecule has 0 aromatic carbocycles. The van der Waals surface area contributed by atoms with Crippen LogP contribution in [0.2, 0.25) is 0 Å². The maximum Gasteiger partial charge on any atom is 0.264 e. The van der Waals surface area contributed by atoms with Gasteiger partial charge in [0.25, 0.3) is 5.91 Å². The highest BCUT2D eigenvalue weighted by molar-refractivity contribution is 7.12. The Morgan fingerprint density at radius 3 is 2.90 bits per heavy atom. The minimum atomic E-state index is -0.452. The number of amides is 1. The molecule has 2 aromatic heterocycles. The van der Waals surface area contributed by atoms with E-state index in [1.165, 1.54) is 11.3 Å². The molecular weight excluding hydrogens is 272 g/mol. The van der Waals surface area contributed by atoms with Gasteiger partial charge in [-0.3, -0.25) is 9.78 Å². The van der Waals surface area contributed by atoms with Gasteiger partial charge in [0.05, 0.1) is 17.0 Å². The third kappa shape index (κ3) is 2.59. The second-order valence-electron chi connectivity index (χ2n) is 4.96. The molecule has 20 heavy (non-hydrogen) atoms. The summed E-state index contributed by atoms with van der Waals surface area (Å²) < 4.78 is 0. The van der Waals surface area contributed by atoms with Crippen LogP contribution in [0.5, 0.6) is 0 Å². The number of hydrogen-bond donors (Lipinski definition) is 1. The van der Waals surface area contributed by atoms with Gasteiger partial charge in [0, 0.05) is 18.9 Å². The summed E-state index contributed by atoms with van der Waals surface area (Å²) in [5.74, 6) is 0.0237. The predicted molar refractivity (Wildman–Crippen MR) is 77.7 cm³/mol. The van der Waals surface area contributed by atoms with Crippen LogP contribution >= 0.6 is 11.3 Å². The molecule has 1 aliphatic rings. The number of pyridine rings is 1. The zero-order valence-corrected chi connectivity index (χ0v) is 11.8. The molecule has 5 heteroatoms. The van der Waals surface area contributed by atoms with E-state index in [-0.39, 0.29) is 11.9 Å². The van der Waals surface area contributed by atoms with Crippen molar-refractivity contribution in [3.8, 4) is 0 Å². The molecule has 3 heterocycles. The molecule has 4 nitrogen and oxygen atoms in total. The average molecular weight is 288 g/mol. The van der Waals surface area contributed by atoms with Crippen LogP contribution in [-0.4, -0.2) is 39.6 Å². The Balaban J connectivity index is 1.78. The zero-order valence-electron chi connectivity index (χ0n) is 11.0. The van der Waals surface area contributed by atoms with Gasteiger partial charge in [-0.05, 0) is 42.0 Å². The van der Waals surface area contributed by atoms with Gasteiger partial charge in [0.1, 0.15) is 0 Å². The highest BCUT2D eigenvalue weighted by Gasteiger charge is 2.36. The van der Waals surface area contributed by atoms with Crippen molar-refractivity contribution in [2.75, 3.05) is 6.54 Å². The Morgan fingerprint density at radius 2 is 2.20 bits per heavy atom. The molecule has 104 valence electrons. The molecule has 1 aliphatic heterocycles. The predicted octanol–water partition coefficient (Wildman–Crippen LogP) is 1.96. The third-order valence-corrected chi connectivity index (χ3v) is 4.56. The van der Waals surface area contributed by atoms with E-state index in [1.807, 2.05) is 29.6 Å². The summed E-state index contributed by atoms with van der Waals surface area (Å²) in [5, 5.41) is 12.1. The van der Waals surface area contributed by atoms with Gasteiger partial charge in [-0.15, -0.1) is 11.3 Å². The van der Waals surface area contributed by atoms with Crippen molar-refractivity contribution < 1.29 is 9.90 Å². The molecule has 3 rings (SSSR count). The summed E-state index contributed by atoms with van der Waals surface area (Å²) >= 11 is 1.44. The number of aliphatic hydroxyl groups excluding tert-OH is 1. The zero-order chi connectivity index (χ0) is 13.9. The van der Waals surface area contributed by atoms with E-state index in [4.69, 9.17) is 0 Å². The summed E-state index contributed by atoms with van der Waals surface area (Å²) in [6, 6.07) is 7.42. The Labute approximate surface area is 121 Å². The number of likely N-dealkylation sites (tertiary alicyclic amines) is 1. The van der Waals surface area contributed by atoms with Gasteiger partial charge < -0.3 is 10.0 Å². The quantitative estimate of drug-likeness (QED) is 0.939. The van der Waals surface area contributed by atoms with Crippen molar-refractivity contribution in [2.24, 2.45) is 0 Å². The van der Waals surface area contributed by atoms with E-state index >= 15 is 0 Å². The monoisotopic (exact) mass is 288 g/mol. The van der Waals surface area contributed by atoms with Crippen LogP contribution in [0.15, 0.2) is 42.0 Å². The number of carbonyl (C=O) groups excluding carboxylic acids is 1. The molecule has 1 fully saturated rings. The molecule has 1 saturated heterocycles. The van der Waals surface area contributed by atoms with Crippen molar-refractivity contribution >= 4 is 17.2 Å². The number of thiophene rings is 1. The standard InChI is InChI=1S/C15H16N2O2S/c18-13-5-8-17(15(19)14-2-1-9-20-14)12(13)10-11-3-6-16-7-4-11/h1-4,6-7,9,12-13,18H,5,8,10H2/t12-,13+/m0/s1. The molecule has 2 aromatic rings. The Kier molecular flexibility index (Phi) is 3.80. The van der Waals surface area contributed by atoms with E-state index in [9.17, 15) is 9.90 Å². The van der Waals surface area contributed by atoms with Crippen LogP contribution < -0.4 is 0 Å². The summed E-state index contributed by atoms with van der Waals surface area (Å²) in [5.41, 5.74) is 1.09. The fourth-order valence-corrected chi connectivity index (χ4v) is 3.32. The minimum absolute atomic E-state index is 0.0237. The van der Waals surface area contributed by atoms with Crippen molar-refractivity contribution in [1.82, 2.24) is 9.88 Å². The second kappa shape index (κ2) is 5.73. The van der Waals surface area contributed by atoms with E-state index in [0.29, 0.717) is 19.4 Å². The van der Waals surface area contributed by atoms with E-state index < -0.39 is 6.10 Å². The summed E-state index contributed by atoms with van der Waals surface area (Å²) in [6.45, 7) is 0.619. The summed E-state index contributed by atoms with van der Waals surface area (Å²) in [7, 11) is 0. The van der Waals surface area contributed by atoms with Crippen molar-refractivity contribution in [3.05, 3.63) is 52.5 Å². The Hall–Kier alpha value is -1.72. The summed E-state index contributed by atoms with van der Waals surface area (Å²) in [4.78, 5) is 19.0. The molecule has 1 N–H and O–H groups in total. The largest absolute Gasteiger partial charge is 0.391 e. The number of rotatable bonds is 3. The van der Waals surface area contributed by atoms with Gasteiger partial charge in [-0.25, -0.2) is 0 Å². The van der Waals surface area contributed by atoms with Crippen LogP contribution in [0.25, 0.3) is 0 Å². The molecule has 2 atom stereocenters. The first-order chi connectivity index (χ1) is 9.75. The minimum Gasteiger partial charge on any atom is -0.391 e. The van der Waals surface area contributed by atoms with E-state index in [2.05, 4.69) is 4.98 Å². The first kappa shape index (κ1) is 13.3. The molecule has 1 amide bonds. The normalized spacial score (nSPS) is 22.1. The Bertz CT molecular complexity index is 571. The third-order valence-electron chi connectivity index (χ3n) is 3.70. The maximum absolute atomic E-state index is 12.5. The smallest absolute Gasteiger partial charge is 0.264 e. The lowest BCUT2D eigenvalue weighted by Gasteiger charge is -2.26. The number of aromatic nitrogens is 1. The van der Waals surface area contributed by atoms with E-state index in [0.717, 1.165) is 10.4 Å². The fourth-order valence-electron chi connectivity index (χ4n) is 2.64. The fraction of sp³-hybridized carbons (Fsp3) is 0.333.